The summed E-state index contributed by atoms with van der Waals surface area (Å²) in [5.74, 6) is 0.234. The fraction of sp³-hybridized carbons (Fsp3) is 0.286. The maximum Gasteiger partial charge on any atom is 0.338 e. The van der Waals surface area contributed by atoms with Gasteiger partial charge in [-0.3, -0.25) is 0 Å². The SMILES string of the molecule is CC(C)(C)C(=O)On1ccc2c(Br)cc(-n3ccnn3)nc21. The Balaban J connectivity index is 2.07. The maximum atomic E-state index is 12.1. The van der Waals surface area contributed by atoms with Crippen LogP contribution in [-0.2, 0) is 4.79 Å². The first-order chi connectivity index (χ1) is 10.4. The predicted octanol–water partition coefficient (Wildman–Crippen LogP) is 2.38. The third-order valence-corrected chi connectivity index (χ3v) is 3.67. The molecule has 0 bridgehead atoms. The Labute approximate surface area is 135 Å². The average molecular weight is 364 g/mol. The number of fused-ring (bicyclic) bond motifs is 1. The van der Waals surface area contributed by atoms with Gasteiger partial charge in [0.2, 0.25) is 0 Å². The normalized spacial score (nSPS) is 11.8. The highest BCUT2D eigenvalue weighted by atomic mass is 79.9. The van der Waals surface area contributed by atoms with Crippen molar-refractivity contribution in [1.82, 2.24) is 24.7 Å². The summed E-state index contributed by atoms with van der Waals surface area (Å²) in [5.41, 5.74) is -0.0744. The van der Waals surface area contributed by atoms with Gasteiger partial charge in [0, 0.05) is 16.1 Å². The van der Waals surface area contributed by atoms with E-state index in [0.717, 1.165) is 9.86 Å². The van der Waals surface area contributed by atoms with E-state index in [9.17, 15) is 4.79 Å². The quantitative estimate of drug-likeness (QED) is 0.698. The predicted molar refractivity (Wildman–Crippen MR) is 83.4 cm³/mol. The van der Waals surface area contributed by atoms with Crippen molar-refractivity contribution in [2.45, 2.75) is 20.8 Å². The molecule has 114 valence electrons. The number of carbonyl (C=O) groups is 1. The van der Waals surface area contributed by atoms with Gasteiger partial charge in [0.25, 0.3) is 0 Å². The van der Waals surface area contributed by atoms with Gasteiger partial charge in [-0.25, -0.2) is 14.5 Å². The van der Waals surface area contributed by atoms with E-state index >= 15 is 0 Å². The highest BCUT2D eigenvalue weighted by Gasteiger charge is 2.25. The Kier molecular flexibility index (Phi) is 3.48. The van der Waals surface area contributed by atoms with E-state index in [1.807, 2.05) is 12.1 Å². The Morgan fingerprint density at radius 1 is 1.32 bits per heavy atom. The summed E-state index contributed by atoms with van der Waals surface area (Å²) < 4.78 is 3.73. The molecule has 0 atom stereocenters. The standard InChI is InChI=1S/C14H14BrN5O2/c1-14(2,3)13(21)22-20-6-4-9-10(15)8-11(17-12(9)20)19-7-5-16-18-19/h4-8H,1-3H3. The fourth-order valence-electron chi connectivity index (χ4n) is 1.78. The van der Waals surface area contributed by atoms with Crippen LogP contribution >= 0.6 is 15.9 Å². The first-order valence-electron chi connectivity index (χ1n) is 6.63. The monoisotopic (exact) mass is 363 g/mol. The van der Waals surface area contributed by atoms with E-state index in [1.165, 1.54) is 9.41 Å². The van der Waals surface area contributed by atoms with Gasteiger partial charge >= 0.3 is 5.97 Å². The molecule has 0 aromatic carbocycles. The molecule has 0 radical (unpaired) electrons. The molecule has 3 aromatic rings. The van der Waals surface area contributed by atoms with Crippen LogP contribution in [0.3, 0.4) is 0 Å². The summed E-state index contributed by atoms with van der Waals surface area (Å²) >= 11 is 3.50. The zero-order valence-corrected chi connectivity index (χ0v) is 13.9. The molecule has 22 heavy (non-hydrogen) atoms. The first-order valence-corrected chi connectivity index (χ1v) is 7.42. The largest absolute Gasteiger partial charge is 0.338 e. The number of carbonyl (C=O) groups excluding carboxylic acids is 1. The molecule has 0 saturated heterocycles. The van der Waals surface area contributed by atoms with E-state index in [1.54, 1.807) is 39.4 Å². The molecule has 0 aliphatic heterocycles. The average Bonchev–Trinajstić information content (AvgIpc) is 3.07. The van der Waals surface area contributed by atoms with Crippen molar-refractivity contribution in [3.8, 4) is 5.82 Å². The molecule has 7 nitrogen and oxygen atoms in total. The molecule has 3 rings (SSSR count). The van der Waals surface area contributed by atoms with Crippen LogP contribution in [0.15, 0.2) is 35.2 Å². The van der Waals surface area contributed by atoms with Gasteiger partial charge in [0.05, 0.1) is 17.8 Å². The lowest BCUT2D eigenvalue weighted by Gasteiger charge is -2.16. The van der Waals surface area contributed by atoms with Crippen LogP contribution in [0.4, 0.5) is 0 Å². The summed E-state index contributed by atoms with van der Waals surface area (Å²) in [7, 11) is 0. The molecular weight excluding hydrogens is 350 g/mol. The smallest absolute Gasteiger partial charge is 0.334 e. The van der Waals surface area contributed by atoms with Crippen molar-refractivity contribution >= 4 is 32.9 Å². The Bertz CT molecular complexity index is 833. The van der Waals surface area contributed by atoms with E-state index in [4.69, 9.17) is 4.84 Å². The molecule has 0 aliphatic carbocycles. The first kappa shape index (κ1) is 14.7. The van der Waals surface area contributed by atoms with Gasteiger partial charge in [-0.05, 0) is 48.8 Å². The van der Waals surface area contributed by atoms with E-state index in [2.05, 4.69) is 31.2 Å². The van der Waals surface area contributed by atoms with Gasteiger partial charge in [-0.2, -0.15) is 4.73 Å². The molecule has 0 amide bonds. The third-order valence-electron chi connectivity index (χ3n) is 3.01. The van der Waals surface area contributed by atoms with Gasteiger partial charge in [0.1, 0.15) is 0 Å². The molecule has 0 spiro atoms. The van der Waals surface area contributed by atoms with Crippen molar-refractivity contribution < 1.29 is 9.63 Å². The zero-order chi connectivity index (χ0) is 15.9. The highest BCUT2D eigenvalue weighted by molar-refractivity contribution is 9.10. The summed E-state index contributed by atoms with van der Waals surface area (Å²) in [6, 6.07) is 3.65. The van der Waals surface area contributed by atoms with E-state index < -0.39 is 5.41 Å². The number of pyridine rings is 1. The minimum atomic E-state index is -0.600. The number of hydrogen-bond acceptors (Lipinski definition) is 5. The van der Waals surface area contributed by atoms with Crippen LogP contribution in [0.2, 0.25) is 0 Å². The third kappa shape index (κ3) is 2.61. The molecule has 0 unspecified atom stereocenters. The van der Waals surface area contributed by atoms with Crippen LogP contribution in [-0.4, -0.2) is 30.7 Å². The van der Waals surface area contributed by atoms with Crippen molar-refractivity contribution in [2.24, 2.45) is 5.41 Å². The summed E-state index contributed by atoms with van der Waals surface area (Å²) in [4.78, 5) is 22.0. The number of halogens is 1. The lowest BCUT2D eigenvalue weighted by molar-refractivity contribution is -0.152. The number of rotatable bonds is 2. The summed E-state index contributed by atoms with van der Waals surface area (Å²) in [6.07, 6.45) is 4.92. The molecule has 3 heterocycles. The summed E-state index contributed by atoms with van der Waals surface area (Å²) in [6.45, 7) is 5.39. The minimum Gasteiger partial charge on any atom is -0.334 e. The van der Waals surface area contributed by atoms with Crippen molar-refractivity contribution in [3.05, 3.63) is 35.2 Å². The topological polar surface area (TPSA) is 74.8 Å². The maximum absolute atomic E-state index is 12.1. The Hall–Kier alpha value is -2.22. The molecule has 0 aliphatic rings. The van der Waals surface area contributed by atoms with Crippen molar-refractivity contribution in [1.29, 1.82) is 0 Å². The Morgan fingerprint density at radius 2 is 2.09 bits per heavy atom. The van der Waals surface area contributed by atoms with Crippen LogP contribution in [0.5, 0.6) is 0 Å². The van der Waals surface area contributed by atoms with E-state index in [0.29, 0.717) is 11.5 Å². The van der Waals surface area contributed by atoms with Crippen LogP contribution in [0.25, 0.3) is 16.9 Å². The molecular formula is C14H14BrN5O2. The van der Waals surface area contributed by atoms with Gasteiger partial charge in [0.15, 0.2) is 11.5 Å². The second-order valence-corrected chi connectivity index (χ2v) is 6.67. The van der Waals surface area contributed by atoms with Gasteiger partial charge < -0.3 is 4.84 Å². The lowest BCUT2D eigenvalue weighted by Crippen LogP contribution is -2.31. The zero-order valence-electron chi connectivity index (χ0n) is 12.3. The molecule has 3 aromatic heterocycles. The number of hydrogen-bond donors (Lipinski definition) is 0. The van der Waals surface area contributed by atoms with Crippen molar-refractivity contribution in [2.75, 3.05) is 0 Å². The van der Waals surface area contributed by atoms with Crippen LogP contribution < -0.4 is 4.84 Å². The molecule has 8 heteroatoms. The lowest BCUT2D eigenvalue weighted by atomic mass is 9.98. The number of nitrogens with zero attached hydrogens (tertiary/aromatic N) is 5. The summed E-state index contributed by atoms with van der Waals surface area (Å²) in [5, 5.41) is 8.52. The number of aromatic nitrogens is 5. The van der Waals surface area contributed by atoms with Crippen molar-refractivity contribution in [3.63, 3.8) is 0 Å². The van der Waals surface area contributed by atoms with Crippen LogP contribution in [0, 0.1) is 5.41 Å². The highest BCUT2D eigenvalue weighted by Crippen LogP contribution is 2.26. The molecule has 0 fully saturated rings. The second-order valence-electron chi connectivity index (χ2n) is 5.82. The second kappa shape index (κ2) is 5.20. The van der Waals surface area contributed by atoms with Crippen LogP contribution in [0.1, 0.15) is 20.8 Å². The molecule has 0 N–H and O–H groups in total. The van der Waals surface area contributed by atoms with Gasteiger partial charge in [-0.1, -0.05) is 5.21 Å². The van der Waals surface area contributed by atoms with Gasteiger partial charge in [-0.15, -0.1) is 5.10 Å². The van der Waals surface area contributed by atoms with E-state index in [-0.39, 0.29) is 5.97 Å². The fourth-order valence-corrected chi connectivity index (χ4v) is 2.30. The Morgan fingerprint density at radius 3 is 2.73 bits per heavy atom. The molecule has 0 saturated carbocycles. The minimum absolute atomic E-state index is 0.339.